The standard InChI is InChI=1S/C6H6F2N2S/c7-6(8)3-5(6,9)4-10-1-2-11-4/h1-2H,3,9H2. The van der Waals surface area contributed by atoms with E-state index in [1.165, 1.54) is 17.5 Å². The van der Waals surface area contributed by atoms with Crippen LogP contribution in [-0.4, -0.2) is 10.9 Å². The van der Waals surface area contributed by atoms with Crippen LogP contribution in [0.4, 0.5) is 8.78 Å². The molecule has 0 aromatic carbocycles. The maximum absolute atomic E-state index is 12.6. The summed E-state index contributed by atoms with van der Waals surface area (Å²) in [6.07, 6.45) is 1.22. The van der Waals surface area contributed by atoms with Crippen LogP contribution in [0.3, 0.4) is 0 Å². The van der Waals surface area contributed by atoms with Gasteiger partial charge in [0, 0.05) is 18.0 Å². The molecule has 1 aromatic heterocycles. The molecule has 60 valence electrons. The predicted octanol–water partition coefficient (Wildman–Crippen LogP) is 1.34. The molecular weight excluding hydrogens is 170 g/mol. The van der Waals surface area contributed by atoms with Crippen LogP contribution in [0, 0.1) is 0 Å². The third-order valence-corrected chi connectivity index (χ3v) is 2.79. The van der Waals surface area contributed by atoms with Crippen LogP contribution in [0.15, 0.2) is 11.6 Å². The van der Waals surface area contributed by atoms with Gasteiger partial charge in [0.25, 0.3) is 5.92 Å². The van der Waals surface area contributed by atoms with Gasteiger partial charge in [0.15, 0.2) is 0 Å². The van der Waals surface area contributed by atoms with Crippen LogP contribution in [0.25, 0.3) is 0 Å². The van der Waals surface area contributed by atoms with Crippen LogP contribution >= 0.6 is 11.3 Å². The highest BCUT2D eigenvalue weighted by atomic mass is 32.1. The van der Waals surface area contributed by atoms with Gasteiger partial charge in [-0.2, -0.15) is 0 Å². The Morgan fingerprint density at radius 1 is 1.64 bits per heavy atom. The summed E-state index contributed by atoms with van der Waals surface area (Å²) in [6, 6.07) is 0. The zero-order chi connectivity index (χ0) is 8.11. The summed E-state index contributed by atoms with van der Waals surface area (Å²) in [6.45, 7) is 0. The van der Waals surface area contributed by atoms with E-state index in [-0.39, 0.29) is 6.42 Å². The molecular formula is C6H6F2N2S. The highest BCUT2D eigenvalue weighted by molar-refractivity contribution is 7.09. The second-order valence-corrected chi connectivity index (χ2v) is 3.58. The normalized spacial score (nSPS) is 33.7. The summed E-state index contributed by atoms with van der Waals surface area (Å²) in [5.41, 5.74) is 3.93. The van der Waals surface area contributed by atoms with E-state index in [2.05, 4.69) is 4.98 Å². The average Bonchev–Trinajstić information content (AvgIpc) is 2.36. The van der Waals surface area contributed by atoms with Crippen LogP contribution in [0.1, 0.15) is 11.4 Å². The SMILES string of the molecule is NC1(c2nccs2)CC1(F)F. The van der Waals surface area contributed by atoms with Crippen LogP contribution in [0.5, 0.6) is 0 Å². The first-order valence-electron chi connectivity index (χ1n) is 3.13. The molecule has 5 heteroatoms. The Morgan fingerprint density at radius 2 is 2.27 bits per heavy atom. The molecule has 11 heavy (non-hydrogen) atoms. The Labute approximate surface area is 66.1 Å². The van der Waals surface area contributed by atoms with Gasteiger partial charge >= 0.3 is 0 Å². The lowest BCUT2D eigenvalue weighted by Gasteiger charge is -2.04. The van der Waals surface area contributed by atoms with Crippen molar-refractivity contribution in [1.29, 1.82) is 0 Å². The van der Waals surface area contributed by atoms with Crippen LogP contribution < -0.4 is 5.73 Å². The number of nitrogens with zero attached hydrogens (tertiary/aromatic N) is 1. The van der Waals surface area contributed by atoms with E-state index < -0.39 is 11.5 Å². The quantitative estimate of drug-likeness (QED) is 0.701. The van der Waals surface area contributed by atoms with Gasteiger partial charge in [0.1, 0.15) is 10.5 Å². The summed E-state index contributed by atoms with van der Waals surface area (Å²) < 4.78 is 25.2. The molecule has 1 unspecified atom stereocenters. The summed E-state index contributed by atoms with van der Waals surface area (Å²) in [5.74, 6) is -2.75. The molecule has 1 saturated carbocycles. The van der Waals surface area contributed by atoms with E-state index in [1.807, 2.05) is 0 Å². The van der Waals surface area contributed by atoms with Crippen molar-refractivity contribution in [3.05, 3.63) is 16.6 Å². The number of rotatable bonds is 1. The molecule has 0 radical (unpaired) electrons. The Morgan fingerprint density at radius 3 is 2.64 bits per heavy atom. The number of nitrogens with two attached hydrogens (primary N) is 1. The Hall–Kier alpha value is -0.550. The molecule has 1 aliphatic rings. The van der Waals surface area contributed by atoms with Gasteiger partial charge in [0.05, 0.1) is 0 Å². The van der Waals surface area contributed by atoms with Crippen molar-refractivity contribution in [2.45, 2.75) is 17.9 Å². The van der Waals surface area contributed by atoms with Gasteiger partial charge < -0.3 is 5.73 Å². The molecule has 2 N–H and O–H groups in total. The lowest BCUT2D eigenvalue weighted by Crippen LogP contribution is -2.26. The molecule has 0 aliphatic heterocycles. The zero-order valence-electron chi connectivity index (χ0n) is 5.55. The third-order valence-electron chi connectivity index (χ3n) is 1.84. The molecule has 2 rings (SSSR count). The number of alkyl halides is 2. The number of hydrogen-bond acceptors (Lipinski definition) is 3. The topological polar surface area (TPSA) is 38.9 Å². The maximum atomic E-state index is 12.6. The fourth-order valence-electron chi connectivity index (χ4n) is 0.982. The van der Waals surface area contributed by atoms with Gasteiger partial charge in [-0.3, -0.25) is 0 Å². The van der Waals surface area contributed by atoms with E-state index in [4.69, 9.17) is 5.73 Å². The summed E-state index contributed by atoms with van der Waals surface area (Å²) in [7, 11) is 0. The molecule has 0 spiro atoms. The molecule has 0 amide bonds. The first kappa shape index (κ1) is 7.12. The first-order chi connectivity index (χ1) is 5.06. The minimum Gasteiger partial charge on any atom is -0.314 e. The van der Waals surface area contributed by atoms with Gasteiger partial charge in [-0.1, -0.05) is 0 Å². The summed E-state index contributed by atoms with van der Waals surface area (Å²) >= 11 is 1.18. The van der Waals surface area contributed by atoms with Crippen LogP contribution in [0.2, 0.25) is 0 Å². The van der Waals surface area contributed by atoms with Crippen molar-refractivity contribution in [3.63, 3.8) is 0 Å². The molecule has 0 saturated heterocycles. The van der Waals surface area contributed by atoms with E-state index in [0.29, 0.717) is 5.01 Å². The van der Waals surface area contributed by atoms with E-state index in [9.17, 15) is 8.78 Å². The largest absolute Gasteiger partial charge is 0.314 e. The van der Waals surface area contributed by atoms with Gasteiger partial charge in [-0.15, -0.1) is 11.3 Å². The molecule has 1 aliphatic carbocycles. The number of thiazole rings is 1. The van der Waals surface area contributed by atoms with E-state index in [1.54, 1.807) is 5.38 Å². The lowest BCUT2D eigenvalue weighted by atomic mass is 10.3. The monoisotopic (exact) mass is 176 g/mol. The Bertz CT molecular complexity index is 272. The van der Waals surface area contributed by atoms with Gasteiger partial charge in [0.2, 0.25) is 0 Å². The second kappa shape index (κ2) is 1.78. The summed E-state index contributed by atoms with van der Waals surface area (Å²) in [4.78, 5) is 3.76. The second-order valence-electron chi connectivity index (χ2n) is 2.69. The van der Waals surface area contributed by atoms with Crippen molar-refractivity contribution >= 4 is 11.3 Å². The van der Waals surface area contributed by atoms with E-state index >= 15 is 0 Å². The van der Waals surface area contributed by atoms with Crippen molar-refractivity contribution in [2.75, 3.05) is 0 Å². The number of aromatic nitrogens is 1. The molecule has 1 atom stereocenters. The Balaban J connectivity index is 2.33. The fraction of sp³-hybridized carbons (Fsp3) is 0.500. The Kier molecular flexibility index (Phi) is 1.15. The highest BCUT2D eigenvalue weighted by Crippen LogP contribution is 2.57. The molecule has 1 heterocycles. The first-order valence-corrected chi connectivity index (χ1v) is 4.01. The maximum Gasteiger partial charge on any atom is 0.274 e. The van der Waals surface area contributed by atoms with Crippen molar-refractivity contribution < 1.29 is 8.78 Å². The zero-order valence-corrected chi connectivity index (χ0v) is 6.37. The van der Waals surface area contributed by atoms with Gasteiger partial charge in [-0.25, -0.2) is 13.8 Å². The summed E-state index contributed by atoms with van der Waals surface area (Å²) in [5, 5.41) is 1.99. The lowest BCUT2D eigenvalue weighted by molar-refractivity contribution is 0.0890. The van der Waals surface area contributed by atoms with E-state index in [0.717, 1.165) is 0 Å². The predicted molar refractivity (Wildman–Crippen MR) is 37.5 cm³/mol. The van der Waals surface area contributed by atoms with Crippen LogP contribution in [-0.2, 0) is 5.54 Å². The molecule has 0 bridgehead atoms. The van der Waals surface area contributed by atoms with Crippen molar-refractivity contribution in [2.24, 2.45) is 5.73 Å². The minimum absolute atomic E-state index is 0.270. The molecule has 1 fully saturated rings. The number of hydrogen-bond donors (Lipinski definition) is 1. The molecule has 1 aromatic rings. The highest BCUT2D eigenvalue weighted by Gasteiger charge is 2.71. The molecule has 2 nitrogen and oxygen atoms in total. The number of halogens is 2. The smallest absolute Gasteiger partial charge is 0.274 e. The minimum atomic E-state index is -2.75. The van der Waals surface area contributed by atoms with Crippen molar-refractivity contribution in [1.82, 2.24) is 4.98 Å². The third kappa shape index (κ3) is 0.810. The average molecular weight is 176 g/mol. The fourth-order valence-corrected chi connectivity index (χ4v) is 1.79. The van der Waals surface area contributed by atoms with Gasteiger partial charge in [-0.05, 0) is 0 Å². The van der Waals surface area contributed by atoms with Crippen molar-refractivity contribution in [3.8, 4) is 0 Å².